The van der Waals surface area contributed by atoms with E-state index in [1.807, 2.05) is 4.90 Å². The number of amides is 2. The molecule has 0 radical (unpaired) electrons. The van der Waals surface area contributed by atoms with Gasteiger partial charge in [-0.25, -0.2) is 0 Å². The fourth-order valence-electron chi connectivity index (χ4n) is 3.55. The van der Waals surface area contributed by atoms with Crippen LogP contribution in [0.1, 0.15) is 32.7 Å². The van der Waals surface area contributed by atoms with Crippen LogP contribution in [-0.2, 0) is 0 Å². The maximum atomic E-state index is 12.3. The molecule has 1 saturated heterocycles. The number of nitrogens with zero attached hydrogens (tertiary/aromatic N) is 3. The quantitative estimate of drug-likeness (QED) is 0.603. The molecule has 2 aliphatic rings. The van der Waals surface area contributed by atoms with Gasteiger partial charge in [0.15, 0.2) is 0 Å². The molecule has 24 heavy (non-hydrogen) atoms. The third-order valence-corrected chi connectivity index (χ3v) is 4.64. The minimum Gasteiger partial charge on any atom is -0.368 e. The van der Waals surface area contributed by atoms with E-state index >= 15 is 0 Å². The number of imide groups is 1. The van der Waals surface area contributed by atoms with Crippen molar-refractivity contribution in [2.75, 3.05) is 18.0 Å². The van der Waals surface area contributed by atoms with Gasteiger partial charge in [-0.3, -0.25) is 14.8 Å². The van der Waals surface area contributed by atoms with Gasteiger partial charge in [0.2, 0.25) is 0 Å². The number of nitrogens with two attached hydrogens (primary N) is 1. The van der Waals surface area contributed by atoms with Gasteiger partial charge in [-0.2, -0.15) is 5.26 Å². The molecule has 3 N–H and O–H groups in total. The van der Waals surface area contributed by atoms with Gasteiger partial charge in [0.1, 0.15) is 6.07 Å². The first kappa shape index (κ1) is 14.6. The molecule has 4 rings (SSSR count). The van der Waals surface area contributed by atoms with E-state index in [2.05, 4.69) is 6.07 Å². The van der Waals surface area contributed by atoms with Gasteiger partial charge in [-0.1, -0.05) is 12.1 Å². The zero-order chi connectivity index (χ0) is 17.0. The van der Waals surface area contributed by atoms with E-state index < -0.39 is 11.8 Å². The fourth-order valence-corrected chi connectivity index (χ4v) is 3.55. The van der Waals surface area contributed by atoms with Gasteiger partial charge in [-0.15, -0.1) is 5.06 Å². The Balaban J connectivity index is 2.08. The number of carbonyl (C=O) groups is 2. The monoisotopic (exact) mass is 322 g/mol. The first-order valence-corrected chi connectivity index (χ1v) is 7.61. The van der Waals surface area contributed by atoms with Crippen LogP contribution >= 0.6 is 0 Å². The Morgan fingerprint density at radius 1 is 1.25 bits per heavy atom. The van der Waals surface area contributed by atoms with Crippen LogP contribution in [0.25, 0.3) is 10.8 Å². The molecule has 1 atom stereocenters. The number of benzene rings is 2. The Morgan fingerprint density at radius 2 is 2.00 bits per heavy atom. The molecular weight excluding hydrogens is 308 g/mol. The SMILES string of the molecule is N#Cc1cc2c3c(cccc3c1N1CC[C@H](N)C1)C(=O)N(O)C2=O. The maximum absolute atomic E-state index is 12.3. The lowest BCUT2D eigenvalue weighted by molar-refractivity contribution is -0.0377. The lowest BCUT2D eigenvalue weighted by Crippen LogP contribution is -2.37. The lowest BCUT2D eigenvalue weighted by atomic mass is 9.91. The van der Waals surface area contributed by atoms with Crippen LogP contribution in [0.3, 0.4) is 0 Å². The summed E-state index contributed by atoms with van der Waals surface area (Å²) in [5.41, 5.74) is 7.42. The maximum Gasteiger partial charge on any atom is 0.285 e. The van der Waals surface area contributed by atoms with E-state index in [0.717, 1.165) is 6.42 Å². The summed E-state index contributed by atoms with van der Waals surface area (Å²) in [6, 6.07) is 8.64. The highest BCUT2D eigenvalue weighted by Gasteiger charge is 2.35. The second kappa shape index (κ2) is 5.03. The second-order valence-electron chi connectivity index (χ2n) is 6.08. The van der Waals surface area contributed by atoms with Gasteiger partial charge < -0.3 is 10.6 Å². The molecular formula is C17H14N4O3. The smallest absolute Gasteiger partial charge is 0.285 e. The Kier molecular flexibility index (Phi) is 3.06. The Labute approximate surface area is 137 Å². The molecule has 0 aromatic heterocycles. The van der Waals surface area contributed by atoms with Crippen LogP contribution in [0.5, 0.6) is 0 Å². The Hall–Kier alpha value is -2.95. The van der Waals surface area contributed by atoms with Crippen molar-refractivity contribution in [1.29, 1.82) is 5.26 Å². The van der Waals surface area contributed by atoms with Gasteiger partial charge in [0.25, 0.3) is 11.8 Å². The van der Waals surface area contributed by atoms with Crippen molar-refractivity contribution in [2.24, 2.45) is 5.73 Å². The summed E-state index contributed by atoms with van der Waals surface area (Å²) in [5, 5.41) is 20.5. The van der Waals surface area contributed by atoms with Gasteiger partial charge in [0.05, 0.1) is 22.4 Å². The molecule has 120 valence electrons. The zero-order valence-electron chi connectivity index (χ0n) is 12.7. The highest BCUT2D eigenvalue weighted by Crippen LogP contribution is 2.39. The van der Waals surface area contributed by atoms with Crippen molar-refractivity contribution in [2.45, 2.75) is 12.5 Å². The van der Waals surface area contributed by atoms with Crippen LogP contribution in [0.15, 0.2) is 24.3 Å². The predicted octanol–water partition coefficient (Wildman–Crippen LogP) is 1.23. The Morgan fingerprint density at radius 3 is 2.67 bits per heavy atom. The van der Waals surface area contributed by atoms with Crippen LogP contribution in [0.4, 0.5) is 5.69 Å². The normalized spacial score (nSPS) is 20.0. The molecule has 7 heteroatoms. The van der Waals surface area contributed by atoms with Crippen molar-refractivity contribution in [3.8, 4) is 6.07 Å². The third-order valence-electron chi connectivity index (χ3n) is 4.64. The average Bonchev–Trinajstić information content (AvgIpc) is 3.02. The van der Waals surface area contributed by atoms with Crippen LogP contribution in [0, 0.1) is 11.3 Å². The molecule has 2 aromatic carbocycles. The van der Waals surface area contributed by atoms with Crippen LogP contribution in [-0.4, -0.2) is 41.2 Å². The number of hydrogen-bond acceptors (Lipinski definition) is 6. The van der Waals surface area contributed by atoms with Gasteiger partial charge >= 0.3 is 0 Å². The largest absolute Gasteiger partial charge is 0.368 e. The van der Waals surface area contributed by atoms with Crippen LogP contribution in [0.2, 0.25) is 0 Å². The summed E-state index contributed by atoms with van der Waals surface area (Å²) in [6.07, 6.45) is 0.816. The lowest BCUT2D eigenvalue weighted by Gasteiger charge is -2.27. The van der Waals surface area contributed by atoms with Crippen molar-refractivity contribution in [3.05, 3.63) is 41.0 Å². The predicted molar refractivity (Wildman–Crippen MR) is 85.8 cm³/mol. The number of anilines is 1. The summed E-state index contributed by atoms with van der Waals surface area (Å²) in [4.78, 5) is 26.5. The number of hydroxylamine groups is 2. The molecule has 0 bridgehead atoms. The van der Waals surface area contributed by atoms with Crippen molar-refractivity contribution >= 4 is 28.3 Å². The molecule has 0 saturated carbocycles. The highest BCUT2D eigenvalue weighted by atomic mass is 16.5. The van der Waals surface area contributed by atoms with Gasteiger partial charge in [-0.05, 0) is 18.6 Å². The summed E-state index contributed by atoms with van der Waals surface area (Å²) in [7, 11) is 0. The molecule has 0 aliphatic carbocycles. The minimum absolute atomic E-state index is 0.0264. The molecule has 2 heterocycles. The van der Waals surface area contributed by atoms with E-state index in [4.69, 9.17) is 5.73 Å². The fraction of sp³-hybridized carbons (Fsp3) is 0.235. The summed E-state index contributed by atoms with van der Waals surface area (Å²) in [5.74, 6) is -1.57. The third kappa shape index (κ3) is 1.84. The minimum atomic E-state index is -0.815. The zero-order valence-corrected chi connectivity index (χ0v) is 12.7. The number of hydrogen-bond donors (Lipinski definition) is 2. The summed E-state index contributed by atoms with van der Waals surface area (Å²) >= 11 is 0. The molecule has 2 amide bonds. The Bertz CT molecular complexity index is 947. The topological polar surface area (TPSA) is 111 Å². The number of nitriles is 1. The van der Waals surface area contributed by atoms with Crippen molar-refractivity contribution in [3.63, 3.8) is 0 Å². The van der Waals surface area contributed by atoms with E-state index in [1.54, 1.807) is 18.2 Å². The van der Waals surface area contributed by atoms with E-state index in [9.17, 15) is 20.1 Å². The van der Waals surface area contributed by atoms with Crippen molar-refractivity contribution < 1.29 is 14.8 Å². The summed E-state index contributed by atoms with van der Waals surface area (Å²) in [6.45, 7) is 1.32. The molecule has 1 fully saturated rings. The van der Waals surface area contributed by atoms with E-state index in [-0.39, 0.29) is 22.2 Å². The first-order chi connectivity index (χ1) is 11.5. The molecule has 2 aliphatic heterocycles. The van der Waals surface area contributed by atoms with E-state index in [0.29, 0.717) is 35.1 Å². The van der Waals surface area contributed by atoms with Gasteiger partial charge in [0, 0.05) is 29.9 Å². The summed E-state index contributed by atoms with van der Waals surface area (Å²) < 4.78 is 0. The number of carbonyl (C=O) groups excluding carboxylic acids is 2. The average molecular weight is 322 g/mol. The highest BCUT2D eigenvalue weighted by molar-refractivity contribution is 6.26. The molecule has 0 unspecified atom stereocenters. The molecule has 0 spiro atoms. The second-order valence-corrected chi connectivity index (χ2v) is 6.08. The number of rotatable bonds is 1. The van der Waals surface area contributed by atoms with Crippen molar-refractivity contribution in [1.82, 2.24) is 5.06 Å². The van der Waals surface area contributed by atoms with E-state index in [1.165, 1.54) is 6.07 Å². The van der Waals surface area contributed by atoms with Crippen LogP contribution < -0.4 is 10.6 Å². The standard InChI is InChI=1S/C17H14N4O3/c18-7-9-6-13-14-11(15(9)20-5-4-10(19)8-20)2-1-3-12(14)16(22)21(24)17(13)23/h1-3,6,10,24H,4-5,8,19H2/t10-/m0/s1. The molecule has 2 aromatic rings. The molecule has 7 nitrogen and oxygen atoms in total. The first-order valence-electron chi connectivity index (χ1n) is 7.61.